The maximum Gasteiger partial charge on any atom is 0.273 e. The topological polar surface area (TPSA) is 131 Å². The minimum atomic E-state index is -1.19. The fourth-order valence-electron chi connectivity index (χ4n) is 3.36. The van der Waals surface area contributed by atoms with E-state index in [-0.39, 0.29) is 27.0 Å². The van der Waals surface area contributed by atoms with Gasteiger partial charge in [0.05, 0.1) is 10.7 Å². The van der Waals surface area contributed by atoms with Gasteiger partial charge in [-0.05, 0) is 63.0 Å². The number of amides is 3. The molecule has 0 aliphatic rings. The van der Waals surface area contributed by atoms with Gasteiger partial charge >= 0.3 is 0 Å². The number of aromatic nitrogens is 1. The van der Waals surface area contributed by atoms with E-state index in [9.17, 15) is 18.8 Å². The molecule has 0 aliphatic carbocycles. The van der Waals surface area contributed by atoms with Crippen LogP contribution in [0.25, 0.3) is 0 Å². The summed E-state index contributed by atoms with van der Waals surface area (Å²) in [6, 6.07) is 9.53. The Morgan fingerprint density at radius 2 is 1.77 bits per heavy atom. The molecular formula is C24H25ClFN5O3S. The number of nitrogen functional groups attached to an aromatic ring is 1. The van der Waals surface area contributed by atoms with Gasteiger partial charge in [-0.15, -0.1) is 0 Å². The lowest BCUT2D eigenvalue weighted by molar-refractivity contribution is -0.123. The highest BCUT2D eigenvalue weighted by molar-refractivity contribution is 7.09. The first-order chi connectivity index (χ1) is 16.3. The maximum atomic E-state index is 14.0. The van der Waals surface area contributed by atoms with E-state index in [4.69, 9.17) is 23.1 Å². The van der Waals surface area contributed by atoms with E-state index in [1.807, 2.05) is 6.92 Å². The van der Waals surface area contributed by atoms with Crippen LogP contribution in [0.3, 0.4) is 0 Å². The summed E-state index contributed by atoms with van der Waals surface area (Å²) in [5.41, 5.74) is 11.8. The summed E-state index contributed by atoms with van der Waals surface area (Å²) in [4.78, 5) is 40.2. The molecule has 0 bridgehead atoms. The van der Waals surface area contributed by atoms with Crippen molar-refractivity contribution in [2.24, 2.45) is 5.73 Å². The molecule has 1 aromatic heterocycles. The number of anilines is 2. The zero-order valence-corrected chi connectivity index (χ0v) is 21.1. The van der Waals surface area contributed by atoms with Gasteiger partial charge in [-0.1, -0.05) is 41.4 Å². The van der Waals surface area contributed by atoms with Crippen molar-refractivity contribution >= 4 is 52.2 Å². The Balaban J connectivity index is 2.26. The van der Waals surface area contributed by atoms with E-state index in [1.54, 1.807) is 45.0 Å². The standard InChI is InChI=1S/C24H25ClFN5O3S/c1-12-5-7-13(8-6-12)19(22(33)29-24(2,3)4)31(14-9-10-16(26)15(25)11-14)23(34)20-17(27)18(21(28)32)30-35-20/h5-11,19H,27H2,1-4H3,(H2,28,32)(H,29,33)/t19-/m0/s1. The molecule has 3 amide bonds. The molecule has 0 saturated heterocycles. The van der Waals surface area contributed by atoms with Crippen molar-refractivity contribution in [3.63, 3.8) is 0 Å². The molecule has 0 aliphatic heterocycles. The molecule has 5 N–H and O–H groups in total. The van der Waals surface area contributed by atoms with Crippen molar-refractivity contribution in [1.82, 2.24) is 9.69 Å². The van der Waals surface area contributed by atoms with Crippen LogP contribution in [0.1, 0.15) is 58.1 Å². The Morgan fingerprint density at radius 1 is 1.14 bits per heavy atom. The Kier molecular flexibility index (Phi) is 7.47. The number of benzene rings is 2. The van der Waals surface area contributed by atoms with Gasteiger partial charge in [0.2, 0.25) is 5.91 Å². The van der Waals surface area contributed by atoms with E-state index in [2.05, 4.69) is 9.69 Å². The first kappa shape index (κ1) is 26.1. The Hall–Kier alpha value is -3.50. The molecule has 8 nitrogen and oxygen atoms in total. The highest BCUT2D eigenvalue weighted by atomic mass is 35.5. The molecule has 1 atom stereocenters. The molecule has 0 unspecified atom stereocenters. The predicted molar refractivity (Wildman–Crippen MR) is 135 cm³/mol. The van der Waals surface area contributed by atoms with Crippen molar-refractivity contribution in [3.05, 3.63) is 75.0 Å². The summed E-state index contributed by atoms with van der Waals surface area (Å²) in [6.45, 7) is 7.30. The first-order valence-corrected chi connectivity index (χ1v) is 11.7. The number of aryl methyl sites for hydroxylation is 1. The zero-order valence-electron chi connectivity index (χ0n) is 19.6. The number of primary amides is 1. The number of rotatable bonds is 6. The van der Waals surface area contributed by atoms with Crippen LogP contribution in [0, 0.1) is 12.7 Å². The van der Waals surface area contributed by atoms with Crippen LogP contribution in [0.2, 0.25) is 5.02 Å². The largest absolute Gasteiger partial charge is 0.395 e. The minimum Gasteiger partial charge on any atom is -0.395 e. The quantitative estimate of drug-likeness (QED) is 0.450. The lowest BCUT2D eigenvalue weighted by Crippen LogP contribution is -2.49. The SMILES string of the molecule is Cc1ccc([C@@H](C(=O)NC(C)(C)C)N(C(=O)c2snc(C(N)=O)c2N)c2ccc(F)c(Cl)c2)cc1. The van der Waals surface area contributed by atoms with E-state index < -0.39 is 35.1 Å². The maximum absolute atomic E-state index is 14.0. The molecule has 35 heavy (non-hydrogen) atoms. The summed E-state index contributed by atoms with van der Waals surface area (Å²) in [7, 11) is 0. The monoisotopic (exact) mass is 517 g/mol. The third kappa shape index (κ3) is 5.77. The molecule has 0 radical (unpaired) electrons. The number of nitrogens with two attached hydrogens (primary N) is 2. The Morgan fingerprint density at radius 3 is 2.29 bits per heavy atom. The van der Waals surface area contributed by atoms with Gasteiger partial charge in [-0.3, -0.25) is 19.3 Å². The minimum absolute atomic E-state index is 0.0973. The Labute approximate surface area is 211 Å². The molecule has 1 heterocycles. The third-order valence-corrected chi connectivity index (χ3v) is 6.09. The molecule has 3 rings (SSSR count). The summed E-state index contributed by atoms with van der Waals surface area (Å²) in [5, 5.41) is 2.65. The molecule has 11 heteroatoms. The third-order valence-electron chi connectivity index (χ3n) is 4.95. The first-order valence-electron chi connectivity index (χ1n) is 10.5. The summed E-state index contributed by atoms with van der Waals surface area (Å²) < 4.78 is 17.9. The number of hydrogen-bond acceptors (Lipinski definition) is 6. The van der Waals surface area contributed by atoms with Gasteiger partial charge in [0, 0.05) is 11.2 Å². The number of nitrogens with zero attached hydrogens (tertiary/aromatic N) is 2. The van der Waals surface area contributed by atoms with Crippen LogP contribution in [0.5, 0.6) is 0 Å². The molecule has 2 aromatic carbocycles. The molecule has 184 valence electrons. The van der Waals surface area contributed by atoms with Gasteiger partial charge in [-0.2, -0.15) is 4.37 Å². The van der Waals surface area contributed by atoms with E-state index in [0.29, 0.717) is 17.1 Å². The smallest absolute Gasteiger partial charge is 0.273 e. The van der Waals surface area contributed by atoms with Gasteiger partial charge in [-0.25, -0.2) is 4.39 Å². The molecule has 3 aromatic rings. The average Bonchev–Trinajstić information content (AvgIpc) is 3.15. The number of carbonyl (C=O) groups excluding carboxylic acids is 3. The summed E-state index contributed by atoms with van der Waals surface area (Å²) in [5.74, 6) is -2.81. The summed E-state index contributed by atoms with van der Waals surface area (Å²) >= 11 is 6.71. The highest BCUT2D eigenvalue weighted by Crippen LogP contribution is 2.35. The number of nitrogens with one attached hydrogen (secondary N) is 1. The van der Waals surface area contributed by atoms with Crippen LogP contribution < -0.4 is 21.7 Å². The van der Waals surface area contributed by atoms with Crippen molar-refractivity contribution in [3.8, 4) is 0 Å². The van der Waals surface area contributed by atoms with Crippen LogP contribution >= 0.6 is 23.1 Å². The summed E-state index contributed by atoms with van der Waals surface area (Å²) in [6.07, 6.45) is 0. The molecule has 0 spiro atoms. The van der Waals surface area contributed by atoms with E-state index in [0.717, 1.165) is 16.5 Å². The molecule has 0 fully saturated rings. The second kappa shape index (κ2) is 10.0. The molecule has 0 saturated carbocycles. The van der Waals surface area contributed by atoms with Gasteiger partial charge in [0.1, 0.15) is 16.7 Å². The fourth-order valence-corrected chi connectivity index (χ4v) is 4.28. The predicted octanol–water partition coefficient (Wildman–Crippen LogP) is 4.23. The van der Waals surface area contributed by atoms with Gasteiger partial charge in [0.15, 0.2) is 5.69 Å². The normalized spacial score (nSPS) is 12.2. The average molecular weight is 518 g/mol. The van der Waals surface area contributed by atoms with Crippen LogP contribution in [0.15, 0.2) is 42.5 Å². The fraction of sp³-hybridized carbons (Fsp3) is 0.250. The van der Waals surface area contributed by atoms with Gasteiger partial charge in [0.25, 0.3) is 11.8 Å². The van der Waals surface area contributed by atoms with Crippen molar-refractivity contribution < 1.29 is 18.8 Å². The second-order valence-electron chi connectivity index (χ2n) is 8.96. The van der Waals surface area contributed by atoms with Crippen LogP contribution in [0.4, 0.5) is 15.8 Å². The van der Waals surface area contributed by atoms with Crippen LogP contribution in [-0.4, -0.2) is 27.6 Å². The van der Waals surface area contributed by atoms with Crippen molar-refractivity contribution in [2.75, 3.05) is 10.6 Å². The number of halogens is 2. The second-order valence-corrected chi connectivity index (χ2v) is 10.1. The van der Waals surface area contributed by atoms with Crippen molar-refractivity contribution in [2.45, 2.75) is 39.3 Å². The lowest BCUT2D eigenvalue weighted by Gasteiger charge is -2.33. The lowest BCUT2D eigenvalue weighted by atomic mass is 9.99. The Bertz CT molecular complexity index is 1290. The number of carbonyl (C=O) groups is 3. The van der Waals surface area contributed by atoms with E-state index >= 15 is 0 Å². The zero-order chi connectivity index (χ0) is 26.1. The molecular weight excluding hydrogens is 493 g/mol. The van der Waals surface area contributed by atoms with Crippen LogP contribution in [-0.2, 0) is 4.79 Å². The van der Waals surface area contributed by atoms with Crippen molar-refractivity contribution in [1.29, 1.82) is 0 Å². The van der Waals surface area contributed by atoms with Gasteiger partial charge < -0.3 is 16.8 Å². The number of hydrogen-bond donors (Lipinski definition) is 3. The highest BCUT2D eigenvalue weighted by Gasteiger charge is 2.37. The van der Waals surface area contributed by atoms with E-state index in [1.165, 1.54) is 12.1 Å².